The molecule has 2 atom stereocenters. The number of nitrogens with one attached hydrogen (secondary N) is 2. The van der Waals surface area contributed by atoms with E-state index in [1.54, 1.807) is 12.1 Å². The summed E-state index contributed by atoms with van der Waals surface area (Å²) in [6.45, 7) is 3.27. The van der Waals surface area contributed by atoms with Crippen LogP contribution in [0, 0.1) is 0 Å². The van der Waals surface area contributed by atoms with Gasteiger partial charge in [0, 0.05) is 17.8 Å². The fourth-order valence-electron chi connectivity index (χ4n) is 2.72. The maximum atomic E-state index is 9.56. The first-order chi connectivity index (χ1) is 9.56. The Morgan fingerprint density at radius 1 is 1.30 bits per heavy atom. The Balaban J connectivity index is 1.92. The zero-order valence-corrected chi connectivity index (χ0v) is 13.3. The van der Waals surface area contributed by atoms with Crippen molar-refractivity contribution in [2.75, 3.05) is 11.9 Å². The van der Waals surface area contributed by atoms with Gasteiger partial charge in [0.25, 0.3) is 0 Å². The first-order valence-electron chi connectivity index (χ1n) is 7.24. The predicted octanol–water partition coefficient (Wildman–Crippen LogP) is 4.42. The van der Waals surface area contributed by atoms with Gasteiger partial charge in [0.1, 0.15) is 0 Å². The first-order valence-corrected chi connectivity index (χ1v) is 8.00. The van der Waals surface area contributed by atoms with E-state index < -0.39 is 0 Å². The molecular formula is C15H22Cl2N2O. The molecule has 5 heteroatoms. The summed E-state index contributed by atoms with van der Waals surface area (Å²) in [5, 5.41) is 17.1. The van der Waals surface area contributed by atoms with Gasteiger partial charge >= 0.3 is 0 Å². The maximum Gasteiger partial charge on any atom is 0.152 e. The van der Waals surface area contributed by atoms with Crippen molar-refractivity contribution in [3.63, 3.8) is 0 Å². The standard InChI is InChI=1S/C15H22Cl2N2O/c1-10(7-11-5-3-2-4-6-18-11)19-12-8-13(16)15(20)14(17)9-12/h8-11,18-20H,2-7H2,1H3. The van der Waals surface area contributed by atoms with Gasteiger partial charge < -0.3 is 15.7 Å². The number of anilines is 1. The van der Waals surface area contributed by atoms with Crippen molar-refractivity contribution in [3.8, 4) is 5.75 Å². The summed E-state index contributed by atoms with van der Waals surface area (Å²) in [6.07, 6.45) is 6.22. The van der Waals surface area contributed by atoms with Crippen LogP contribution in [0.5, 0.6) is 5.75 Å². The fourth-order valence-corrected chi connectivity index (χ4v) is 3.21. The Hall–Kier alpha value is -0.640. The third-order valence-corrected chi connectivity index (χ3v) is 4.31. The van der Waals surface area contributed by atoms with Gasteiger partial charge in [-0.1, -0.05) is 36.0 Å². The number of rotatable bonds is 4. The molecule has 112 valence electrons. The minimum Gasteiger partial charge on any atom is -0.505 e. The van der Waals surface area contributed by atoms with Crippen LogP contribution >= 0.6 is 23.2 Å². The van der Waals surface area contributed by atoms with Crippen molar-refractivity contribution in [3.05, 3.63) is 22.2 Å². The number of hydrogen-bond donors (Lipinski definition) is 3. The Morgan fingerprint density at radius 2 is 2.00 bits per heavy atom. The molecule has 0 radical (unpaired) electrons. The van der Waals surface area contributed by atoms with Crippen molar-refractivity contribution in [2.45, 2.75) is 51.1 Å². The second-order valence-corrected chi connectivity index (χ2v) is 6.38. The van der Waals surface area contributed by atoms with Gasteiger partial charge in [-0.05, 0) is 44.9 Å². The van der Waals surface area contributed by atoms with E-state index in [0.29, 0.717) is 12.1 Å². The second kappa shape index (κ2) is 7.39. The van der Waals surface area contributed by atoms with E-state index in [-0.39, 0.29) is 15.8 Å². The molecule has 0 saturated carbocycles. The first kappa shape index (κ1) is 15.7. The molecule has 20 heavy (non-hydrogen) atoms. The molecule has 3 N–H and O–H groups in total. The third-order valence-electron chi connectivity index (χ3n) is 3.73. The second-order valence-electron chi connectivity index (χ2n) is 5.57. The lowest BCUT2D eigenvalue weighted by Crippen LogP contribution is -2.33. The fraction of sp³-hybridized carbons (Fsp3) is 0.600. The molecule has 1 heterocycles. The van der Waals surface area contributed by atoms with Crippen LogP contribution in [0.3, 0.4) is 0 Å². The molecule has 1 saturated heterocycles. The summed E-state index contributed by atoms with van der Waals surface area (Å²) in [6, 6.07) is 4.31. The zero-order valence-electron chi connectivity index (χ0n) is 11.8. The minimum absolute atomic E-state index is 0.0584. The van der Waals surface area contributed by atoms with Gasteiger partial charge in [0.2, 0.25) is 0 Å². The van der Waals surface area contributed by atoms with E-state index >= 15 is 0 Å². The van der Waals surface area contributed by atoms with E-state index in [2.05, 4.69) is 17.6 Å². The third kappa shape index (κ3) is 4.44. The van der Waals surface area contributed by atoms with Crippen LogP contribution in [0.4, 0.5) is 5.69 Å². The number of aromatic hydroxyl groups is 1. The Bertz CT molecular complexity index is 422. The van der Waals surface area contributed by atoms with Gasteiger partial charge in [0.15, 0.2) is 5.75 Å². The van der Waals surface area contributed by atoms with Crippen molar-refractivity contribution in [1.82, 2.24) is 5.32 Å². The summed E-state index contributed by atoms with van der Waals surface area (Å²) < 4.78 is 0. The van der Waals surface area contributed by atoms with Gasteiger partial charge in [-0.15, -0.1) is 0 Å². The van der Waals surface area contributed by atoms with Gasteiger partial charge in [-0.3, -0.25) is 0 Å². The van der Waals surface area contributed by atoms with Crippen LogP contribution in [-0.2, 0) is 0 Å². The molecule has 2 rings (SSSR count). The van der Waals surface area contributed by atoms with Crippen LogP contribution < -0.4 is 10.6 Å². The molecule has 1 aromatic carbocycles. The molecule has 2 unspecified atom stereocenters. The zero-order chi connectivity index (χ0) is 14.5. The van der Waals surface area contributed by atoms with Crippen molar-refractivity contribution in [1.29, 1.82) is 0 Å². The molecule has 1 aliphatic rings. The molecule has 0 spiro atoms. The molecule has 3 nitrogen and oxygen atoms in total. The highest BCUT2D eigenvalue weighted by molar-refractivity contribution is 6.37. The van der Waals surface area contributed by atoms with Crippen LogP contribution in [0.2, 0.25) is 10.0 Å². The lowest BCUT2D eigenvalue weighted by Gasteiger charge is -2.22. The summed E-state index contributed by atoms with van der Waals surface area (Å²) in [5.74, 6) is -0.0584. The Kier molecular flexibility index (Phi) is 5.82. The topological polar surface area (TPSA) is 44.3 Å². The highest BCUT2D eigenvalue weighted by Gasteiger charge is 2.15. The summed E-state index contributed by atoms with van der Waals surface area (Å²) >= 11 is 11.9. The number of phenolic OH excluding ortho intramolecular Hbond substituents is 1. The smallest absolute Gasteiger partial charge is 0.152 e. The Labute approximate surface area is 130 Å². The molecule has 0 bridgehead atoms. The highest BCUT2D eigenvalue weighted by Crippen LogP contribution is 2.35. The molecule has 0 aromatic heterocycles. The molecule has 1 aromatic rings. The largest absolute Gasteiger partial charge is 0.505 e. The maximum absolute atomic E-state index is 9.56. The Morgan fingerprint density at radius 3 is 2.70 bits per heavy atom. The molecule has 0 amide bonds. The van der Waals surface area contributed by atoms with Crippen molar-refractivity contribution >= 4 is 28.9 Å². The number of benzene rings is 1. The monoisotopic (exact) mass is 316 g/mol. The molecule has 0 aliphatic carbocycles. The quantitative estimate of drug-likeness (QED) is 0.720. The van der Waals surface area contributed by atoms with E-state index in [1.807, 2.05) is 0 Å². The van der Waals surface area contributed by atoms with E-state index in [0.717, 1.165) is 18.7 Å². The number of phenols is 1. The minimum atomic E-state index is -0.0584. The highest BCUT2D eigenvalue weighted by atomic mass is 35.5. The normalized spacial score (nSPS) is 21.2. The van der Waals surface area contributed by atoms with E-state index in [9.17, 15) is 5.11 Å². The van der Waals surface area contributed by atoms with Crippen LogP contribution in [0.1, 0.15) is 39.0 Å². The van der Waals surface area contributed by atoms with Gasteiger partial charge in [-0.2, -0.15) is 0 Å². The summed E-state index contributed by atoms with van der Waals surface area (Å²) in [4.78, 5) is 0. The average Bonchev–Trinajstić information content (AvgIpc) is 2.64. The van der Waals surface area contributed by atoms with Crippen molar-refractivity contribution in [2.24, 2.45) is 0 Å². The van der Waals surface area contributed by atoms with Crippen molar-refractivity contribution < 1.29 is 5.11 Å². The lowest BCUT2D eigenvalue weighted by molar-refractivity contribution is 0.456. The number of hydrogen-bond acceptors (Lipinski definition) is 3. The van der Waals surface area contributed by atoms with Crippen LogP contribution in [-0.4, -0.2) is 23.7 Å². The van der Waals surface area contributed by atoms with Gasteiger partial charge in [-0.25, -0.2) is 0 Å². The lowest BCUT2D eigenvalue weighted by atomic mass is 10.0. The van der Waals surface area contributed by atoms with Crippen LogP contribution in [0.25, 0.3) is 0 Å². The molecule has 1 aliphatic heterocycles. The van der Waals surface area contributed by atoms with E-state index in [1.165, 1.54) is 25.7 Å². The summed E-state index contributed by atoms with van der Waals surface area (Å²) in [7, 11) is 0. The van der Waals surface area contributed by atoms with Gasteiger partial charge in [0.05, 0.1) is 10.0 Å². The molecule has 1 fully saturated rings. The summed E-state index contributed by atoms with van der Waals surface area (Å²) in [5.41, 5.74) is 0.846. The van der Waals surface area contributed by atoms with E-state index in [4.69, 9.17) is 23.2 Å². The SMILES string of the molecule is CC(CC1CCCCCN1)Nc1cc(Cl)c(O)c(Cl)c1. The van der Waals surface area contributed by atoms with Crippen LogP contribution in [0.15, 0.2) is 12.1 Å². The number of halogens is 2. The average molecular weight is 317 g/mol. The molecular weight excluding hydrogens is 295 g/mol. The predicted molar refractivity (Wildman–Crippen MR) is 86.1 cm³/mol.